The summed E-state index contributed by atoms with van der Waals surface area (Å²) < 4.78 is 22.2. The SMILES string of the molecule is COc1cccc(OC)c1-c1cc(NC(C)=O)nc(-c2c(OC)cccc2OC)c1. The second-order valence-electron chi connectivity index (χ2n) is 6.38. The normalized spacial score (nSPS) is 10.3. The summed E-state index contributed by atoms with van der Waals surface area (Å²) >= 11 is 0. The highest BCUT2D eigenvalue weighted by atomic mass is 16.5. The van der Waals surface area contributed by atoms with Crippen molar-refractivity contribution in [3.63, 3.8) is 0 Å². The van der Waals surface area contributed by atoms with E-state index < -0.39 is 0 Å². The lowest BCUT2D eigenvalue weighted by atomic mass is 10.00. The lowest BCUT2D eigenvalue weighted by Crippen LogP contribution is -2.08. The fourth-order valence-corrected chi connectivity index (χ4v) is 3.29. The molecule has 1 heterocycles. The fraction of sp³-hybridized carbons (Fsp3) is 0.217. The molecular formula is C23H24N2O5. The Morgan fingerprint density at radius 3 is 1.67 bits per heavy atom. The molecule has 0 aliphatic heterocycles. The van der Waals surface area contributed by atoms with Crippen LogP contribution in [0.3, 0.4) is 0 Å². The van der Waals surface area contributed by atoms with Gasteiger partial charge in [0.1, 0.15) is 28.8 Å². The first-order chi connectivity index (χ1) is 14.5. The van der Waals surface area contributed by atoms with Gasteiger partial charge in [0.05, 0.1) is 45.3 Å². The number of pyridine rings is 1. The molecule has 1 aromatic heterocycles. The van der Waals surface area contributed by atoms with Crippen molar-refractivity contribution in [1.82, 2.24) is 4.98 Å². The molecule has 0 fully saturated rings. The lowest BCUT2D eigenvalue weighted by Gasteiger charge is -2.17. The van der Waals surface area contributed by atoms with Crippen LogP contribution >= 0.6 is 0 Å². The van der Waals surface area contributed by atoms with Gasteiger partial charge >= 0.3 is 0 Å². The van der Waals surface area contributed by atoms with Crippen LogP contribution < -0.4 is 24.3 Å². The van der Waals surface area contributed by atoms with E-state index in [9.17, 15) is 4.79 Å². The number of ether oxygens (including phenoxy) is 4. The molecule has 0 aliphatic carbocycles. The number of rotatable bonds is 7. The predicted molar refractivity (Wildman–Crippen MR) is 116 cm³/mol. The van der Waals surface area contributed by atoms with Gasteiger partial charge in [-0.05, 0) is 42.0 Å². The molecule has 0 unspecified atom stereocenters. The molecule has 2 aromatic carbocycles. The van der Waals surface area contributed by atoms with Gasteiger partial charge in [0, 0.05) is 6.92 Å². The maximum atomic E-state index is 11.8. The Labute approximate surface area is 175 Å². The van der Waals surface area contributed by atoms with Crippen molar-refractivity contribution in [1.29, 1.82) is 0 Å². The van der Waals surface area contributed by atoms with Gasteiger partial charge < -0.3 is 24.3 Å². The molecule has 1 N–H and O–H groups in total. The minimum Gasteiger partial charge on any atom is -0.496 e. The third kappa shape index (κ3) is 4.15. The van der Waals surface area contributed by atoms with Crippen molar-refractivity contribution in [2.24, 2.45) is 0 Å². The molecule has 0 spiro atoms. The van der Waals surface area contributed by atoms with E-state index >= 15 is 0 Å². The van der Waals surface area contributed by atoms with Crippen molar-refractivity contribution in [2.45, 2.75) is 6.92 Å². The second kappa shape index (κ2) is 9.17. The first-order valence-electron chi connectivity index (χ1n) is 9.24. The van der Waals surface area contributed by atoms with Crippen LogP contribution in [0.1, 0.15) is 6.92 Å². The standard InChI is InChI=1S/C23H24N2O5/c1-14(26)24-21-13-15(22-17(27-2)8-6-9-18(22)28-3)12-16(25-21)23-19(29-4)10-7-11-20(23)30-5/h6-13H,1-5H3,(H,24,25,26). The summed E-state index contributed by atoms with van der Waals surface area (Å²) in [5, 5.41) is 2.76. The highest BCUT2D eigenvalue weighted by Crippen LogP contribution is 2.43. The monoisotopic (exact) mass is 408 g/mol. The zero-order valence-electron chi connectivity index (χ0n) is 17.6. The Kier molecular flexibility index (Phi) is 6.41. The van der Waals surface area contributed by atoms with Crippen LogP contribution in [0.15, 0.2) is 48.5 Å². The van der Waals surface area contributed by atoms with E-state index in [1.54, 1.807) is 34.5 Å². The number of nitrogens with one attached hydrogen (secondary N) is 1. The predicted octanol–water partition coefficient (Wildman–Crippen LogP) is 4.41. The van der Waals surface area contributed by atoms with Crippen LogP contribution in [0.4, 0.5) is 5.82 Å². The Bertz CT molecular complexity index is 947. The van der Waals surface area contributed by atoms with Gasteiger partial charge in [0.15, 0.2) is 0 Å². The molecule has 30 heavy (non-hydrogen) atoms. The number of hydrogen-bond donors (Lipinski definition) is 1. The number of amides is 1. The number of nitrogens with zero attached hydrogens (tertiary/aromatic N) is 1. The largest absolute Gasteiger partial charge is 0.496 e. The van der Waals surface area contributed by atoms with E-state index in [4.69, 9.17) is 18.9 Å². The quantitative estimate of drug-likeness (QED) is 0.624. The summed E-state index contributed by atoms with van der Waals surface area (Å²) in [7, 11) is 6.36. The molecule has 0 radical (unpaired) electrons. The van der Waals surface area contributed by atoms with Gasteiger partial charge in [-0.3, -0.25) is 4.79 Å². The highest BCUT2D eigenvalue weighted by Gasteiger charge is 2.19. The van der Waals surface area contributed by atoms with Gasteiger partial charge in [-0.25, -0.2) is 4.98 Å². The maximum absolute atomic E-state index is 11.8. The average molecular weight is 408 g/mol. The Hall–Kier alpha value is -3.74. The number of carbonyl (C=O) groups excluding carboxylic acids is 1. The Morgan fingerprint density at radius 2 is 1.23 bits per heavy atom. The molecular weight excluding hydrogens is 384 g/mol. The van der Waals surface area contributed by atoms with Gasteiger partial charge in [-0.15, -0.1) is 0 Å². The molecule has 0 saturated heterocycles. The molecule has 7 heteroatoms. The zero-order chi connectivity index (χ0) is 21.7. The molecule has 156 valence electrons. The van der Waals surface area contributed by atoms with E-state index in [1.807, 2.05) is 42.5 Å². The fourth-order valence-electron chi connectivity index (χ4n) is 3.29. The number of benzene rings is 2. The summed E-state index contributed by atoms with van der Waals surface area (Å²) in [6.45, 7) is 1.43. The van der Waals surface area contributed by atoms with Crippen molar-refractivity contribution >= 4 is 11.7 Å². The van der Waals surface area contributed by atoms with Crippen LogP contribution in [0, 0.1) is 0 Å². The van der Waals surface area contributed by atoms with Gasteiger partial charge in [-0.1, -0.05) is 12.1 Å². The molecule has 0 aliphatic rings. The smallest absolute Gasteiger partial charge is 0.222 e. The lowest BCUT2D eigenvalue weighted by molar-refractivity contribution is -0.114. The van der Waals surface area contributed by atoms with E-state index in [0.717, 1.165) is 11.1 Å². The number of methoxy groups -OCH3 is 4. The maximum Gasteiger partial charge on any atom is 0.222 e. The number of carbonyl (C=O) groups is 1. The van der Waals surface area contributed by atoms with Crippen LogP contribution in [0.25, 0.3) is 22.4 Å². The van der Waals surface area contributed by atoms with E-state index in [-0.39, 0.29) is 5.91 Å². The summed E-state index contributed by atoms with van der Waals surface area (Å²) in [4.78, 5) is 16.4. The second-order valence-corrected chi connectivity index (χ2v) is 6.38. The van der Waals surface area contributed by atoms with Crippen LogP contribution in [0.2, 0.25) is 0 Å². The van der Waals surface area contributed by atoms with Gasteiger partial charge in [-0.2, -0.15) is 0 Å². The summed E-state index contributed by atoms with van der Waals surface area (Å²) in [5.74, 6) is 2.61. The average Bonchev–Trinajstić information content (AvgIpc) is 2.76. The van der Waals surface area contributed by atoms with E-state index in [1.165, 1.54) is 6.92 Å². The molecule has 0 bridgehead atoms. The molecule has 1 amide bonds. The van der Waals surface area contributed by atoms with Gasteiger partial charge in [0.2, 0.25) is 5.91 Å². The first-order valence-corrected chi connectivity index (χ1v) is 9.24. The summed E-state index contributed by atoms with van der Waals surface area (Å²) in [5.41, 5.74) is 2.74. The Morgan fingerprint density at radius 1 is 0.767 bits per heavy atom. The summed E-state index contributed by atoms with van der Waals surface area (Å²) in [6.07, 6.45) is 0. The van der Waals surface area contributed by atoms with Crippen LogP contribution in [-0.2, 0) is 4.79 Å². The molecule has 0 atom stereocenters. The van der Waals surface area contributed by atoms with E-state index in [0.29, 0.717) is 40.1 Å². The number of anilines is 1. The third-order valence-corrected chi connectivity index (χ3v) is 4.53. The number of aromatic nitrogens is 1. The minimum atomic E-state index is -0.232. The third-order valence-electron chi connectivity index (χ3n) is 4.53. The van der Waals surface area contributed by atoms with E-state index in [2.05, 4.69) is 10.3 Å². The van der Waals surface area contributed by atoms with Crippen LogP contribution in [-0.4, -0.2) is 39.3 Å². The highest BCUT2D eigenvalue weighted by molar-refractivity contribution is 5.91. The summed E-state index contributed by atoms with van der Waals surface area (Å²) in [6, 6.07) is 14.7. The van der Waals surface area contributed by atoms with Gasteiger partial charge in [0.25, 0.3) is 0 Å². The molecule has 7 nitrogen and oxygen atoms in total. The zero-order valence-corrected chi connectivity index (χ0v) is 17.6. The minimum absolute atomic E-state index is 0.232. The molecule has 3 aromatic rings. The Balaban J connectivity index is 2.33. The number of hydrogen-bond acceptors (Lipinski definition) is 6. The van der Waals surface area contributed by atoms with Crippen molar-refractivity contribution in [3.8, 4) is 45.4 Å². The van der Waals surface area contributed by atoms with Crippen molar-refractivity contribution < 1.29 is 23.7 Å². The molecule has 0 saturated carbocycles. The van der Waals surface area contributed by atoms with Crippen molar-refractivity contribution in [3.05, 3.63) is 48.5 Å². The van der Waals surface area contributed by atoms with Crippen molar-refractivity contribution in [2.75, 3.05) is 33.8 Å². The topological polar surface area (TPSA) is 78.9 Å². The molecule has 3 rings (SSSR count). The van der Waals surface area contributed by atoms with Crippen LogP contribution in [0.5, 0.6) is 23.0 Å². The first kappa shape index (κ1) is 21.0.